The van der Waals surface area contributed by atoms with Crippen LogP contribution in [0.2, 0.25) is 0 Å². The van der Waals surface area contributed by atoms with Crippen molar-refractivity contribution in [1.82, 2.24) is 5.32 Å². The van der Waals surface area contributed by atoms with Crippen LogP contribution in [0.3, 0.4) is 0 Å². The quantitative estimate of drug-likeness (QED) is 0.241. The van der Waals surface area contributed by atoms with E-state index in [1.165, 1.54) is 0 Å². The fourth-order valence-corrected chi connectivity index (χ4v) is 9.53. The molecule has 4 N–H and O–H groups in total. The summed E-state index contributed by atoms with van der Waals surface area (Å²) < 4.78 is 32.2. The first-order valence-corrected chi connectivity index (χ1v) is 15.1. The van der Waals surface area contributed by atoms with Gasteiger partial charge in [0.05, 0.1) is 34.2 Å². The van der Waals surface area contributed by atoms with Gasteiger partial charge >= 0.3 is 29.6 Å². The zero-order valence-corrected chi connectivity index (χ0v) is 25.2. The Morgan fingerprint density at radius 1 is 1.00 bits per heavy atom. The molecule has 4 aliphatic rings. The van der Waals surface area contributed by atoms with Crippen molar-refractivity contribution in [1.29, 1.82) is 0 Å². The molecule has 8 nitrogen and oxygen atoms in total. The topological polar surface area (TPSA) is 147 Å². The van der Waals surface area contributed by atoms with Crippen LogP contribution in [0, 0.1) is 46.3 Å². The fourth-order valence-electron chi connectivity index (χ4n) is 9.18. The average Bonchev–Trinajstić information content (AvgIpc) is 3.13. The first-order chi connectivity index (χ1) is 16.3. The number of nitrogens with one attached hydrogen (secondary N) is 1. The Bertz CT molecular complexity index is 903. The summed E-state index contributed by atoms with van der Waals surface area (Å²) in [7, 11) is -4.33. The van der Waals surface area contributed by atoms with Crippen molar-refractivity contribution in [2.75, 3.05) is 12.3 Å². The Hall–Kier alpha value is 0.260. The number of fused-ring (bicyclic) bond motifs is 5. The number of carbonyl (C=O) groups is 1. The molecule has 0 heterocycles. The summed E-state index contributed by atoms with van der Waals surface area (Å²) in [4.78, 5) is 12.2. The van der Waals surface area contributed by atoms with Gasteiger partial charge in [0.1, 0.15) is 0 Å². The minimum Gasteiger partial charge on any atom is -0.748 e. The predicted octanol–water partition coefficient (Wildman–Crippen LogP) is -0.970. The number of hydrogen-bond acceptors (Lipinski definition) is 7. The third-order valence-electron chi connectivity index (χ3n) is 11.0. The van der Waals surface area contributed by atoms with Crippen LogP contribution in [-0.2, 0) is 14.9 Å². The standard InChI is InChI=1S/C26H45NO7S.Na/c1-15(4-7-21(29)27-12-13-35(32,33)34)17-5-6-18-22-19(9-11-25(17,18)2)26(3)10-8-16(28)14-20(26)23(30)24(22)31;/h15-20,22-24,28,30-31H,4-14H2,1-3H3,(H,27,29)(H,32,33,34);/q;+1/p-1/t15-,16-,17-,18+,19+,20+,22?,23+,24+,25-,26-;/m1./s1. The van der Waals surface area contributed by atoms with E-state index in [4.69, 9.17) is 0 Å². The molecule has 4 fully saturated rings. The molecule has 0 saturated heterocycles. The van der Waals surface area contributed by atoms with Crippen molar-refractivity contribution >= 4 is 16.0 Å². The molecule has 4 aliphatic carbocycles. The van der Waals surface area contributed by atoms with Crippen molar-refractivity contribution < 1.29 is 62.6 Å². The Morgan fingerprint density at radius 3 is 2.31 bits per heavy atom. The molecule has 0 aromatic heterocycles. The minimum absolute atomic E-state index is 0. The third kappa shape index (κ3) is 5.74. The molecule has 11 atom stereocenters. The molecule has 0 bridgehead atoms. The molecule has 1 unspecified atom stereocenters. The van der Waals surface area contributed by atoms with E-state index < -0.39 is 28.1 Å². The second-order valence-corrected chi connectivity index (χ2v) is 14.2. The molecule has 10 heteroatoms. The number of carbonyl (C=O) groups excluding carboxylic acids is 1. The van der Waals surface area contributed by atoms with Gasteiger partial charge in [0.2, 0.25) is 5.91 Å². The normalized spacial score (nSPS) is 45.0. The van der Waals surface area contributed by atoms with Crippen LogP contribution in [0.15, 0.2) is 0 Å². The number of rotatable bonds is 7. The Morgan fingerprint density at radius 2 is 1.64 bits per heavy atom. The molecule has 0 aromatic rings. The van der Waals surface area contributed by atoms with Crippen LogP contribution >= 0.6 is 0 Å². The maximum atomic E-state index is 12.2. The minimum atomic E-state index is -4.33. The van der Waals surface area contributed by atoms with Crippen molar-refractivity contribution in [3.05, 3.63) is 0 Å². The summed E-state index contributed by atoms with van der Waals surface area (Å²) in [6, 6.07) is 0. The van der Waals surface area contributed by atoms with Crippen molar-refractivity contribution in [2.45, 2.75) is 96.9 Å². The van der Waals surface area contributed by atoms with E-state index in [0.29, 0.717) is 42.9 Å². The van der Waals surface area contributed by atoms with E-state index in [9.17, 15) is 33.1 Å². The summed E-state index contributed by atoms with van der Waals surface area (Å²) >= 11 is 0. The molecule has 4 rings (SSSR count). The summed E-state index contributed by atoms with van der Waals surface area (Å²) in [6.07, 6.45) is 5.46. The maximum Gasteiger partial charge on any atom is 1.00 e. The predicted molar refractivity (Wildman–Crippen MR) is 130 cm³/mol. The van der Waals surface area contributed by atoms with Gasteiger partial charge in [-0.1, -0.05) is 20.8 Å². The third-order valence-corrected chi connectivity index (χ3v) is 11.7. The average molecular weight is 538 g/mol. The second-order valence-electron chi connectivity index (χ2n) is 12.7. The van der Waals surface area contributed by atoms with Crippen molar-refractivity contribution in [3.63, 3.8) is 0 Å². The van der Waals surface area contributed by atoms with Gasteiger partial charge in [-0.3, -0.25) is 4.79 Å². The van der Waals surface area contributed by atoms with Crippen LogP contribution in [0.4, 0.5) is 0 Å². The van der Waals surface area contributed by atoms with Gasteiger partial charge in [-0.15, -0.1) is 0 Å². The molecular weight excluding hydrogens is 493 g/mol. The molecule has 202 valence electrons. The first-order valence-electron chi connectivity index (χ1n) is 13.5. The maximum absolute atomic E-state index is 12.2. The monoisotopic (exact) mass is 537 g/mol. The first kappa shape index (κ1) is 30.8. The Kier molecular flexibility index (Phi) is 9.75. The van der Waals surface area contributed by atoms with Crippen LogP contribution in [0.25, 0.3) is 0 Å². The number of aliphatic hydroxyl groups is 3. The van der Waals surface area contributed by atoms with Gasteiger partial charge in [0.25, 0.3) is 0 Å². The van der Waals surface area contributed by atoms with E-state index in [0.717, 1.165) is 38.5 Å². The van der Waals surface area contributed by atoms with E-state index in [1.54, 1.807) is 0 Å². The van der Waals surface area contributed by atoms with Crippen LogP contribution in [0.1, 0.15) is 78.6 Å². The molecule has 1 amide bonds. The second kappa shape index (κ2) is 11.4. The zero-order valence-electron chi connectivity index (χ0n) is 22.4. The molecule has 36 heavy (non-hydrogen) atoms. The van der Waals surface area contributed by atoms with Gasteiger partial charge in [-0.05, 0) is 97.7 Å². The number of aliphatic hydroxyl groups excluding tert-OH is 3. The molecular formula is C26H44NNaO7S. The summed E-state index contributed by atoms with van der Waals surface area (Å²) in [6.45, 7) is 6.66. The van der Waals surface area contributed by atoms with E-state index >= 15 is 0 Å². The summed E-state index contributed by atoms with van der Waals surface area (Å²) in [5.41, 5.74) is -0.00495. The van der Waals surface area contributed by atoms with Crippen molar-refractivity contribution in [3.8, 4) is 0 Å². The van der Waals surface area contributed by atoms with E-state index in [2.05, 4.69) is 26.1 Å². The Balaban J connectivity index is 0.00000361. The van der Waals surface area contributed by atoms with E-state index in [1.807, 2.05) is 0 Å². The van der Waals surface area contributed by atoms with Crippen LogP contribution in [-0.4, -0.2) is 64.8 Å². The Labute approximate surface area is 238 Å². The summed E-state index contributed by atoms with van der Waals surface area (Å²) in [5, 5.41) is 35.3. The van der Waals surface area contributed by atoms with Gasteiger partial charge in [0.15, 0.2) is 0 Å². The van der Waals surface area contributed by atoms with Gasteiger partial charge in [-0.2, -0.15) is 0 Å². The van der Waals surface area contributed by atoms with Crippen LogP contribution in [0.5, 0.6) is 0 Å². The van der Waals surface area contributed by atoms with Gasteiger partial charge in [0, 0.05) is 13.0 Å². The largest absolute Gasteiger partial charge is 1.00 e. The zero-order chi connectivity index (χ0) is 25.8. The SMILES string of the molecule is C[C@H](CCC(=O)NCCS(=O)(=O)[O-])[C@H]1CC[C@H]2C3[C@H](O)[C@@H](O)[C@@H]4C[C@H](O)CC[C@]4(C)[C@H]3CC[C@]12C.[Na+]. The van der Waals surface area contributed by atoms with Crippen LogP contribution < -0.4 is 34.9 Å². The smallest absolute Gasteiger partial charge is 0.748 e. The number of amides is 1. The van der Waals surface area contributed by atoms with E-state index in [-0.39, 0.29) is 70.8 Å². The molecule has 0 radical (unpaired) electrons. The van der Waals surface area contributed by atoms with Gasteiger partial charge < -0.3 is 25.2 Å². The van der Waals surface area contributed by atoms with Gasteiger partial charge in [-0.25, -0.2) is 8.42 Å². The molecule has 0 aromatic carbocycles. The fraction of sp³-hybridized carbons (Fsp3) is 0.962. The van der Waals surface area contributed by atoms with Crippen molar-refractivity contribution in [2.24, 2.45) is 46.3 Å². The number of hydrogen-bond donors (Lipinski definition) is 4. The summed E-state index contributed by atoms with van der Waals surface area (Å²) in [5.74, 6) is 0.598. The molecule has 4 saturated carbocycles. The molecule has 0 aliphatic heterocycles. The molecule has 0 spiro atoms.